The SMILES string of the molecule is COc1ccccc1[C@H](C)NC(=O)COc1c(C)cccc1C. The van der Waals surface area contributed by atoms with Crippen LogP contribution in [-0.2, 0) is 4.79 Å². The molecule has 122 valence electrons. The lowest BCUT2D eigenvalue weighted by atomic mass is 10.1. The van der Waals surface area contributed by atoms with E-state index in [4.69, 9.17) is 9.47 Å². The van der Waals surface area contributed by atoms with Crippen molar-refractivity contribution in [2.24, 2.45) is 0 Å². The van der Waals surface area contributed by atoms with Gasteiger partial charge in [0.2, 0.25) is 0 Å². The molecule has 0 fully saturated rings. The Morgan fingerprint density at radius 2 is 1.74 bits per heavy atom. The van der Waals surface area contributed by atoms with Crippen molar-refractivity contribution in [2.45, 2.75) is 26.8 Å². The minimum absolute atomic E-state index is 0.00875. The summed E-state index contributed by atoms with van der Waals surface area (Å²) in [6, 6.07) is 13.4. The molecule has 23 heavy (non-hydrogen) atoms. The Balaban J connectivity index is 1.97. The van der Waals surface area contributed by atoms with Gasteiger partial charge in [-0.3, -0.25) is 4.79 Å². The van der Waals surface area contributed by atoms with Crippen molar-refractivity contribution >= 4 is 5.91 Å². The monoisotopic (exact) mass is 313 g/mol. The molecule has 1 atom stereocenters. The largest absolute Gasteiger partial charge is 0.496 e. The van der Waals surface area contributed by atoms with E-state index >= 15 is 0 Å². The summed E-state index contributed by atoms with van der Waals surface area (Å²) in [5, 5.41) is 2.94. The number of carbonyl (C=O) groups excluding carboxylic acids is 1. The number of hydrogen-bond donors (Lipinski definition) is 1. The zero-order valence-electron chi connectivity index (χ0n) is 14.1. The van der Waals surface area contributed by atoms with Crippen LogP contribution in [0.1, 0.15) is 29.7 Å². The minimum Gasteiger partial charge on any atom is -0.496 e. The van der Waals surface area contributed by atoms with Gasteiger partial charge in [-0.25, -0.2) is 0 Å². The van der Waals surface area contributed by atoms with Gasteiger partial charge in [0.25, 0.3) is 5.91 Å². The van der Waals surface area contributed by atoms with Crippen LogP contribution in [0.3, 0.4) is 0 Å². The Morgan fingerprint density at radius 1 is 1.09 bits per heavy atom. The van der Waals surface area contributed by atoms with E-state index in [0.29, 0.717) is 0 Å². The maximum atomic E-state index is 12.1. The molecule has 1 amide bonds. The lowest BCUT2D eigenvalue weighted by molar-refractivity contribution is -0.123. The molecule has 0 bridgehead atoms. The van der Waals surface area contributed by atoms with Crippen LogP contribution in [0, 0.1) is 13.8 Å². The molecule has 4 nitrogen and oxygen atoms in total. The molecule has 0 aliphatic rings. The second kappa shape index (κ2) is 7.68. The standard InChI is InChI=1S/C19H23NO3/c1-13-8-7-9-14(2)19(13)23-12-18(21)20-15(3)16-10-5-6-11-17(16)22-4/h5-11,15H,12H2,1-4H3,(H,20,21)/t15-/m0/s1. The zero-order chi connectivity index (χ0) is 16.8. The second-order valence-electron chi connectivity index (χ2n) is 5.54. The van der Waals surface area contributed by atoms with E-state index < -0.39 is 0 Å². The normalized spacial score (nSPS) is 11.7. The van der Waals surface area contributed by atoms with Crippen LogP contribution in [0.4, 0.5) is 0 Å². The summed E-state index contributed by atoms with van der Waals surface area (Å²) >= 11 is 0. The first-order valence-corrected chi connectivity index (χ1v) is 7.64. The van der Waals surface area contributed by atoms with Gasteiger partial charge in [-0.1, -0.05) is 36.4 Å². The number of para-hydroxylation sites is 2. The smallest absolute Gasteiger partial charge is 0.258 e. The molecule has 2 aromatic rings. The van der Waals surface area contributed by atoms with Crippen molar-refractivity contribution in [2.75, 3.05) is 13.7 Å². The highest BCUT2D eigenvalue weighted by Crippen LogP contribution is 2.25. The predicted octanol–water partition coefficient (Wildman–Crippen LogP) is 3.57. The Bertz CT molecular complexity index is 662. The first-order valence-electron chi connectivity index (χ1n) is 7.64. The molecule has 0 heterocycles. The quantitative estimate of drug-likeness (QED) is 0.887. The number of ether oxygens (including phenoxy) is 2. The highest BCUT2D eigenvalue weighted by molar-refractivity contribution is 5.78. The number of aryl methyl sites for hydroxylation is 2. The summed E-state index contributed by atoms with van der Waals surface area (Å²) in [5.41, 5.74) is 2.99. The third kappa shape index (κ3) is 4.25. The maximum absolute atomic E-state index is 12.1. The average Bonchev–Trinajstić information content (AvgIpc) is 2.54. The van der Waals surface area contributed by atoms with E-state index in [1.165, 1.54) is 0 Å². The van der Waals surface area contributed by atoms with Gasteiger partial charge in [-0.05, 0) is 38.0 Å². The summed E-state index contributed by atoms with van der Waals surface area (Å²) in [7, 11) is 1.62. The highest BCUT2D eigenvalue weighted by atomic mass is 16.5. The third-order valence-corrected chi connectivity index (χ3v) is 3.74. The number of nitrogens with one attached hydrogen (secondary N) is 1. The number of methoxy groups -OCH3 is 1. The van der Waals surface area contributed by atoms with Crippen molar-refractivity contribution in [3.05, 3.63) is 59.2 Å². The van der Waals surface area contributed by atoms with Gasteiger partial charge < -0.3 is 14.8 Å². The predicted molar refractivity (Wildman–Crippen MR) is 91.0 cm³/mol. The molecule has 0 aromatic heterocycles. The summed E-state index contributed by atoms with van der Waals surface area (Å²) < 4.78 is 11.0. The Hall–Kier alpha value is -2.49. The summed E-state index contributed by atoms with van der Waals surface area (Å²) in [6.45, 7) is 5.86. The maximum Gasteiger partial charge on any atom is 0.258 e. The van der Waals surface area contributed by atoms with E-state index in [1.54, 1.807) is 7.11 Å². The lowest BCUT2D eigenvalue weighted by Gasteiger charge is -2.18. The topological polar surface area (TPSA) is 47.6 Å². The molecule has 2 aromatic carbocycles. The fourth-order valence-electron chi connectivity index (χ4n) is 2.55. The molecule has 1 N–H and O–H groups in total. The van der Waals surface area contributed by atoms with Crippen molar-refractivity contribution in [1.82, 2.24) is 5.32 Å². The Kier molecular flexibility index (Phi) is 5.63. The molecule has 4 heteroatoms. The Morgan fingerprint density at radius 3 is 2.39 bits per heavy atom. The van der Waals surface area contributed by atoms with Crippen molar-refractivity contribution in [1.29, 1.82) is 0 Å². The molecule has 0 radical (unpaired) electrons. The minimum atomic E-state index is -0.161. The van der Waals surface area contributed by atoms with E-state index in [9.17, 15) is 4.79 Å². The van der Waals surface area contributed by atoms with Gasteiger partial charge in [0.15, 0.2) is 6.61 Å². The lowest BCUT2D eigenvalue weighted by Crippen LogP contribution is -2.31. The van der Waals surface area contributed by atoms with Gasteiger partial charge in [0, 0.05) is 5.56 Å². The molecule has 0 aliphatic carbocycles. The van der Waals surface area contributed by atoms with E-state index in [-0.39, 0.29) is 18.6 Å². The second-order valence-corrected chi connectivity index (χ2v) is 5.54. The van der Waals surface area contributed by atoms with Crippen molar-refractivity contribution in [3.8, 4) is 11.5 Å². The molecule has 0 spiro atoms. The molecule has 0 saturated heterocycles. The first kappa shape index (κ1) is 16.9. The zero-order valence-corrected chi connectivity index (χ0v) is 14.1. The number of benzene rings is 2. The van der Waals surface area contributed by atoms with Crippen LogP contribution in [0.25, 0.3) is 0 Å². The van der Waals surface area contributed by atoms with E-state index in [2.05, 4.69) is 5.32 Å². The third-order valence-electron chi connectivity index (χ3n) is 3.74. The molecule has 0 saturated carbocycles. The van der Waals surface area contributed by atoms with Crippen LogP contribution in [0.15, 0.2) is 42.5 Å². The van der Waals surface area contributed by atoms with Crippen molar-refractivity contribution in [3.63, 3.8) is 0 Å². The van der Waals surface area contributed by atoms with Crippen molar-refractivity contribution < 1.29 is 14.3 Å². The van der Waals surface area contributed by atoms with Crippen LogP contribution < -0.4 is 14.8 Å². The molecule has 0 aliphatic heterocycles. The van der Waals surface area contributed by atoms with E-state index in [1.807, 2.05) is 63.2 Å². The number of amides is 1. The van der Waals surface area contributed by atoms with E-state index in [0.717, 1.165) is 28.2 Å². The number of carbonyl (C=O) groups is 1. The molecular formula is C19H23NO3. The van der Waals surface area contributed by atoms with Gasteiger partial charge in [-0.2, -0.15) is 0 Å². The van der Waals surface area contributed by atoms with Crippen LogP contribution in [-0.4, -0.2) is 19.6 Å². The van der Waals surface area contributed by atoms with Gasteiger partial charge in [-0.15, -0.1) is 0 Å². The van der Waals surface area contributed by atoms with Gasteiger partial charge >= 0.3 is 0 Å². The molecular weight excluding hydrogens is 290 g/mol. The first-order chi connectivity index (χ1) is 11.0. The molecule has 0 unspecified atom stereocenters. The number of rotatable bonds is 6. The van der Waals surface area contributed by atoms with Gasteiger partial charge in [0.1, 0.15) is 11.5 Å². The fraction of sp³-hybridized carbons (Fsp3) is 0.316. The molecule has 2 rings (SSSR count). The van der Waals surface area contributed by atoms with Crippen LogP contribution >= 0.6 is 0 Å². The summed E-state index contributed by atoms with van der Waals surface area (Å²) in [5.74, 6) is 1.37. The Labute approximate surface area is 137 Å². The van der Waals surface area contributed by atoms with Crippen LogP contribution in [0.2, 0.25) is 0 Å². The summed E-state index contributed by atoms with van der Waals surface area (Å²) in [6.07, 6.45) is 0. The number of hydrogen-bond acceptors (Lipinski definition) is 3. The fourth-order valence-corrected chi connectivity index (χ4v) is 2.55. The van der Waals surface area contributed by atoms with Gasteiger partial charge in [0.05, 0.1) is 13.2 Å². The van der Waals surface area contributed by atoms with Crippen LogP contribution in [0.5, 0.6) is 11.5 Å². The average molecular weight is 313 g/mol. The highest BCUT2D eigenvalue weighted by Gasteiger charge is 2.14. The summed E-state index contributed by atoms with van der Waals surface area (Å²) in [4.78, 5) is 12.1.